The molecule has 104 valence electrons. The summed E-state index contributed by atoms with van der Waals surface area (Å²) >= 11 is 0. The number of rotatable bonds is 5. The molecule has 4 heteroatoms. The first kappa shape index (κ1) is 14.0. The van der Waals surface area contributed by atoms with Crippen LogP contribution in [0.15, 0.2) is 18.2 Å². The first-order valence-corrected chi connectivity index (χ1v) is 6.85. The first-order valence-electron chi connectivity index (χ1n) is 6.85. The Morgan fingerprint density at radius 2 is 2.16 bits per heavy atom. The number of carbonyl (C=O) groups is 1. The van der Waals surface area contributed by atoms with E-state index < -0.39 is 0 Å². The van der Waals surface area contributed by atoms with Crippen LogP contribution in [-0.4, -0.2) is 26.0 Å². The fourth-order valence-electron chi connectivity index (χ4n) is 2.61. The fourth-order valence-corrected chi connectivity index (χ4v) is 2.61. The minimum Gasteiger partial charge on any atom is -0.328 e. The Balaban J connectivity index is 2.17. The number of anilines is 1. The van der Waals surface area contributed by atoms with Gasteiger partial charge in [0.05, 0.1) is 6.42 Å². The van der Waals surface area contributed by atoms with Crippen molar-refractivity contribution in [3.8, 4) is 0 Å². The lowest BCUT2D eigenvalue weighted by molar-refractivity contribution is -0.117. The van der Waals surface area contributed by atoms with E-state index in [1.54, 1.807) is 4.90 Å². The molecule has 2 unspecified atom stereocenters. The lowest BCUT2D eigenvalue weighted by atomic mass is 9.97. The van der Waals surface area contributed by atoms with E-state index in [0.717, 1.165) is 24.1 Å². The average Bonchev–Trinajstić information content (AvgIpc) is 2.65. The second-order valence-corrected chi connectivity index (χ2v) is 5.41. The monoisotopic (exact) mass is 261 g/mol. The molecule has 1 aliphatic heterocycles. The topological polar surface area (TPSA) is 58.4 Å². The summed E-state index contributed by atoms with van der Waals surface area (Å²) in [7, 11) is 3.80. The van der Waals surface area contributed by atoms with Gasteiger partial charge in [-0.2, -0.15) is 0 Å². The molecule has 1 heterocycles. The lowest BCUT2D eigenvalue weighted by Gasteiger charge is -2.19. The van der Waals surface area contributed by atoms with Crippen molar-refractivity contribution in [2.24, 2.45) is 5.73 Å². The minimum absolute atomic E-state index is 0.170. The Bertz CT molecular complexity index is 470. The largest absolute Gasteiger partial charge is 0.328 e. The van der Waals surface area contributed by atoms with Crippen LogP contribution in [0, 0.1) is 0 Å². The van der Waals surface area contributed by atoms with Crippen molar-refractivity contribution >= 4 is 11.6 Å². The van der Waals surface area contributed by atoms with Gasteiger partial charge in [0.2, 0.25) is 5.91 Å². The molecule has 3 N–H and O–H groups in total. The van der Waals surface area contributed by atoms with Gasteiger partial charge in [0.15, 0.2) is 0 Å². The van der Waals surface area contributed by atoms with Crippen molar-refractivity contribution in [2.75, 3.05) is 19.0 Å². The van der Waals surface area contributed by atoms with Crippen molar-refractivity contribution < 1.29 is 4.79 Å². The highest BCUT2D eigenvalue weighted by atomic mass is 16.2. The fraction of sp³-hybridized carbons (Fsp3) is 0.533. The second-order valence-electron chi connectivity index (χ2n) is 5.41. The Kier molecular flexibility index (Phi) is 4.22. The molecule has 19 heavy (non-hydrogen) atoms. The van der Waals surface area contributed by atoms with Crippen molar-refractivity contribution in [3.05, 3.63) is 29.3 Å². The Morgan fingerprint density at radius 3 is 2.79 bits per heavy atom. The van der Waals surface area contributed by atoms with Crippen molar-refractivity contribution in [1.82, 2.24) is 5.32 Å². The molecule has 4 nitrogen and oxygen atoms in total. The number of nitrogens with one attached hydrogen (secondary N) is 1. The highest BCUT2D eigenvalue weighted by Gasteiger charge is 2.24. The third kappa shape index (κ3) is 2.96. The summed E-state index contributed by atoms with van der Waals surface area (Å²) in [6.45, 7) is 2.03. The van der Waals surface area contributed by atoms with Crippen LogP contribution in [0.25, 0.3) is 0 Å². The molecule has 0 saturated carbocycles. The standard InChI is InChI=1S/C15H23N3O/c1-10(16)4-6-13(17-2)11-5-7-14-12(8-11)9-15(19)18(14)3/h5,7-8,10,13,17H,4,6,9,16H2,1-3H3. The summed E-state index contributed by atoms with van der Waals surface area (Å²) in [6, 6.07) is 6.83. The number of nitrogens with two attached hydrogens (primary N) is 1. The smallest absolute Gasteiger partial charge is 0.231 e. The molecule has 0 saturated heterocycles. The van der Waals surface area contributed by atoms with Crippen molar-refractivity contribution in [2.45, 2.75) is 38.3 Å². The van der Waals surface area contributed by atoms with E-state index in [9.17, 15) is 4.79 Å². The van der Waals surface area contributed by atoms with Crippen LogP contribution in [-0.2, 0) is 11.2 Å². The highest BCUT2D eigenvalue weighted by molar-refractivity contribution is 6.00. The van der Waals surface area contributed by atoms with Crippen LogP contribution in [0.5, 0.6) is 0 Å². The number of amides is 1. The van der Waals surface area contributed by atoms with Gasteiger partial charge >= 0.3 is 0 Å². The molecule has 1 amide bonds. The number of carbonyl (C=O) groups excluding carboxylic acids is 1. The molecule has 2 atom stereocenters. The SMILES string of the molecule is CNC(CCC(C)N)c1ccc2c(c1)CC(=O)N2C. The average molecular weight is 261 g/mol. The highest BCUT2D eigenvalue weighted by Crippen LogP contribution is 2.31. The van der Waals surface area contributed by atoms with Crippen LogP contribution in [0.4, 0.5) is 5.69 Å². The molecule has 0 aliphatic carbocycles. The van der Waals surface area contributed by atoms with Gasteiger partial charge in [0.1, 0.15) is 0 Å². The van der Waals surface area contributed by atoms with Gasteiger partial charge in [-0.3, -0.25) is 4.79 Å². The number of likely N-dealkylation sites (N-methyl/N-ethyl adjacent to an activating group) is 1. The third-order valence-electron chi connectivity index (χ3n) is 3.84. The van der Waals surface area contributed by atoms with Crippen molar-refractivity contribution in [1.29, 1.82) is 0 Å². The van der Waals surface area contributed by atoms with Gasteiger partial charge in [-0.25, -0.2) is 0 Å². The molecule has 1 aromatic carbocycles. The molecule has 2 rings (SSSR count). The molecular weight excluding hydrogens is 238 g/mol. The van der Waals surface area contributed by atoms with Gasteiger partial charge in [-0.1, -0.05) is 12.1 Å². The van der Waals surface area contributed by atoms with Gasteiger partial charge < -0.3 is 16.0 Å². The predicted molar refractivity (Wildman–Crippen MR) is 78.2 cm³/mol. The molecule has 0 spiro atoms. The molecule has 0 bridgehead atoms. The summed E-state index contributed by atoms with van der Waals surface area (Å²) in [4.78, 5) is 13.4. The number of nitrogens with zero attached hydrogens (tertiary/aromatic N) is 1. The van der Waals surface area contributed by atoms with Crippen LogP contribution < -0.4 is 16.0 Å². The summed E-state index contributed by atoms with van der Waals surface area (Å²) < 4.78 is 0. The van der Waals surface area contributed by atoms with E-state index in [1.807, 2.05) is 27.1 Å². The Labute approximate surface area is 115 Å². The first-order chi connectivity index (χ1) is 9.02. The van der Waals surface area contributed by atoms with E-state index in [1.165, 1.54) is 5.56 Å². The Hall–Kier alpha value is -1.39. The van der Waals surface area contributed by atoms with Crippen LogP contribution in [0.2, 0.25) is 0 Å². The third-order valence-corrected chi connectivity index (χ3v) is 3.84. The molecule has 0 radical (unpaired) electrons. The second kappa shape index (κ2) is 5.72. The van der Waals surface area contributed by atoms with Gasteiger partial charge in [-0.05, 0) is 44.0 Å². The number of hydrogen-bond donors (Lipinski definition) is 2. The maximum absolute atomic E-state index is 11.7. The summed E-state index contributed by atoms with van der Waals surface area (Å²) in [5.41, 5.74) is 9.23. The lowest BCUT2D eigenvalue weighted by Crippen LogP contribution is -2.21. The van der Waals surface area contributed by atoms with Gasteiger partial charge in [-0.15, -0.1) is 0 Å². The quantitative estimate of drug-likeness (QED) is 0.846. The zero-order chi connectivity index (χ0) is 14.0. The summed E-state index contributed by atoms with van der Waals surface area (Å²) in [6.07, 6.45) is 2.52. The maximum Gasteiger partial charge on any atom is 0.231 e. The van der Waals surface area contributed by atoms with Crippen LogP contribution in [0.1, 0.15) is 36.9 Å². The normalized spacial score (nSPS) is 17.5. The van der Waals surface area contributed by atoms with Crippen LogP contribution in [0.3, 0.4) is 0 Å². The van der Waals surface area contributed by atoms with E-state index in [4.69, 9.17) is 5.73 Å². The zero-order valence-corrected chi connectivity index (χ0v) is 11.9. The zero-order valence-electron chi connectivity index (χ0n) is 11.9. The number of benzene rings is 1. The molecule has 0 aromatic heterocycles. The molecule has 0 fully saturated rings. The van der Waals surface area contributed by atoms with Gasteiger partial charge in [0.25, 0.3) is 0 Å². The number of hydrogen-bond acceptors (Lipinski definition) is 3. The van der Waals surface area contributed by atoms with E-state index >= 15 is 0 Å². The van der Waals surface area contributed by atoms with E-state index in [-0.39, 0.29) is 11.9 Å². The minimum atomic E-state index is 0.170. The van der Waals surface area contributed by atoms with Crippen molar-refractivity contribution in [3.63, 3.8) is 0 Å². The molecule has 1 aliphatic rings. The van der Waals surface area contributed by atoms with Gasteiger partial charge in [0, 0.05) is 24.8 Å². The van der Waals surface area contributed by atoms with Crippen LogP contribution >= 0.6 is 0 Å². The number of fused-ring (bicyclic) bond motifs is 1. The molecular formula is C15H23N3O. The van der Waals surface area contributed by atoms with E-state index in [0.29, 0.717) is 12.5 Å². The summed E-state index contributed by atoms with van der Waals surface area (Å²) in [5, 5.41) is 3.33. The predicted octanol–water partition coefficient (Wildman–Crippen LogP) is 1.59. The molecule has 1 aromatic rings. The summed E-state index contributed by atoms with van der Waals surface area (Å²) in [5.74, 6) is 0.170. The van der Waals surface area contributed by atoms with E-state index in [2.05, 4.69) is 17.4 Å². The maximum atomic E-state index is 11.7. The Morgan fingerprint density at radius 1 is 1.42 bits per heavy atom.